The standard InChI is InChI=1S/C27H32N2O3S/c1-5-8-9-17(7-3)15-28-24(30)18-10-11-20-23-21(13-12-19(22(18)23)25(28)31)27(33)29(26(20)32)14-16(4)6-2/h10-13,16-17H,5-9,14-15H2,1-4H3. The number of thiocarbonyl (C=S) groups is 1. The van der Waals surface area contributed by atoms with Crippen molar-refractivity contribution in [3.63, 3.8) is 0 Å². The van der Waals surface area contributed by atoms with E-state index in [0.717, 1.165) is 37.7 Å². The molecule has 0 radical (unpaired) electrons. The molecule has 0 N–H and O–H groups in total. The minimum absolute atomic E-state index is 0.149. The Kier molecular flexibility index (Phi) is 6.66. The number of amides is 3. The van der Waals surface area contributed by atoms with Gasteiger partial charge in [0.15, 0.2) is 0 Å². The molecule has 0 bridgehead atoms. The van der Waals surface area contributed by atoms with Crippen LogP contribution in [0, 0.1) is 11.8 Å². The van der Waals surface area contributed by atoms with Gasteiger partial charge in [0, 0.05) is 46.1 Å². The number of nitrogens with zero attached hydrogens (tertiary/aromatic N) is 2. The molecule has 5 nitrogen and oxygen atoms in total. The van der Waals surface area contributed by atoms with Gasteiger partial charge in [-0.2, -0.15) is 0 Å². The molecule has 2 unspecified atom stereocenters. The predicted octanol–water partition coefficient (Wildman–Crippen LogP) is 5.83. The van der Waals surface area contributed by atoms with Crippen molar-refractivity contribution in [2.24, 2.45) is 11.8 Å². The molecule has 0 aromatic heterocycles. The molecule has 33 heavy (non-hydrogen) atoms. The van der Waals surface area contributed by atoms with Crippen molar-refractivity contribution < 1.29 is 14.4 Å². The van der Waals surface area contributed by atoms with E-state index in [1.165, 1.54) is 4.90 Å². The Hall–Kier alpha value is -2.60. The molecule has 0 spiro atoms. The van der Waals surface area contributed by atoms with Gasteiger partial charge >= 0.3 is 0 Å². The summed E-state index contributed by atoms with van der Waals surface area (Å²) in [5.74, 6) is -0.0876. The van der Waals surface area contributed by atoms with Gasteiger partial charge in [0.2, 0.25) is 0 Å². The zero-order chi connectivity index (χ0) is 23.9. The summed E-state index contributed by atoms with van der Waals surface area (Å²) in [7, 11) is 0. The summed E-state index contributed by atoms with van der Waals surface area (Å²) in [4.78, 5) is 43.8. The molecule has 2 aliphatic rings. The highest BCUT2D eigenvalue weighted by Gasteiger charge is 2.39. The van der Waals surface area contributed by atoms with Gasteiger partial charge in [-0.3, -0.25) is 24.2 Å². The molecule has 2 aromatic carbocycles. The molecule has 4 rings (SSSR count). The summed E-state index contributed by atoms with van der Waals surface area (Å²) in [5.41, 5.74) is 2.25. The van der Waals surface area contributed by atoms with Crippen LogP contribution in [0.3, 0.4) is 0 Å². The number of benzene rings is 2. The van der Waals surface area contributed by atoms with E-state index >= 15 is 0 Å². The molecular formula is C27H32N2O3S. The van der Waals surface area contributed by atoms with Crippen LogP contribution >= 0.6 is 12.2 Å². The average molecular weight is 465 g/mol. The Labute approximate surface area is 201 Å². The minimum atomic E-state index is -0.272. The summed E-state index contributed by atoms with van der Waals surface area (Å²) in [5, 5.41) is 1.23. The number of carbonyl (C=O) groups is 3. The summed E-state index contributed by atoms with van der Waals surface area (Å²) < 4.78 is 0. The van der Waals surface area contributed by atoms with E-state index in [1.807, 2.05) is 6.07 Å². The van der Waals surface area contributed by atoms with Gasteiger partial charge in [-0.1, -0.05) is 71.7 Å². The smallest absolute Gasteiger partial charge is 0.261 e. The van der Waals surface area contributed by atoms with E-state index in [2.05, 4.69) is 27.7 Å². The molecule has 0 fully saturated rings. The lowest BCUT2D eigenvalue weighted by Crippen LogP contribution is -2.45. The fraction of sp³-hybridized carbons (Fsp3) is 0.481. The fourth-order valence-electron chi connectivity index (χ4n) is 4.92. The van der Waals surface area contributed by atoms with Crippen molar-refractivity contribution in [2.75, 3.05) is 13.1 Å². The lowest BCUT2D eigenvalue weighted by molar-refractivity contribution is 0.0579. The molecule has 2 heterocycles. The number of unbranched alkanes of at least 4 members (excludes halogenated alkanes) is 1. The Balaban J connectivity index is 1.78. The number of imide groups is 1. The second-order valence-corrected chi connectivity index (χ2v) is 9.83. The van der Waals surface area contributed by atoms with E-state index in [9.17, 15) is 14.4 Å². The molecule has 2 aromatic rings. The lowest BCUT2D eigenvalue weighted by atomic mass is 9.85. The van der Waals surface area contributed by atoms with Crippen LogP contribution in [0.2, 0.25) is 0 Å². The van der Waals surface area contributed by atoms with Crippen LogP contribution in [0.4, 0.5) is 0 Å². The zero-order valence-corrected chi connectivity index (χ0v) is 20.8. The van der Waals surface area contributed by atoms with Gasteiger partial charge in [0.1, 0.15) is 4.99 Å². The van der Waals surface area contributed by atoms with Gasteiger partial charge < -0.3 is 0 Å². The Morgan fingerprint density at radius 1 is 0.758 bits per heavy atom. The van der Waals surface area contributed by atoms with Crippen molar-refractivity contribution in [2.45, 2.75) is 59.8 Å². The molecule has 3 amide bonds. The predicted molar refractivity (Wildman–Crippen MR) is 135 cm³/mol. The van der Waals surface area contributed by atoms with E-state index in [-0.39, 0.29) is 23.6 Å². The summed E-state index contributed by atoms with van der Waals surface area (Å²) in [6, 6.07) is 7.08. The fourth-order valence-corrected chi connectivity index (χ4v) is 5.25. The molecule has 6 heteroatoms. The quantitative estimate of drug-likeness (QED) is 0.346. The highest BCUT2D eigenvalue weighted by molar-refractivity contribution is 7.80. The number of rotatable bonds is 9. The van der Waals surface area contributed by atoms with Crippen LogP contribution in [0.25, 0.3) is 10.8 Å². The van der Waals surface area contributed by atoms with Crippen LogP contribution in [0.5, 0.6) is 0 Å². The van der Waals surface area contributed by atoms with E-state index in [4.69, 9.17) is 12.2 Å². The second kappa shape index (κ2) is 9.34. The molecule has 2 aliphatic heterocycles. The number of hydrogen-bond acceptors (Lipinski definition) is 4. The van der Waals surface area contributed by atoms with Crippen LogP contribution < -0.4 is 0 Å². The summed E-state index contributed by atoms with van der Waals surface area (Å²) in [6.45, 7) is 9.43. The Bertz CT molecular complexity index is 1090. The molecule has 174 valence electrons. The first kappa shape index (κ1) is 23.6. The molecule has 0 aliphatic carbocycles. The average Bonchev–Trinajstić information content (AvgIpc) is 2.83. The lowest BCUT2D eigenvalue weighted by Gasteiger charge is -2.35. The Morgan fingerprint density at radius 2 is 1.27 bits per heavy atom. The van der Waals surface area contributed by atoms with Crippen LogP contribution in [-0.4, -0.2) is 45.6 Å². The Morgan fingerprint density at radius 3 is 1.79 bits per heavy atom. The van der Waals surface area contributed by atoms with E-state index < -0.39 is 0 Å². The van der Waals surface area contributed by atoms with E-state index in [1.54, 1.807) is 23.1 Å². The highest BCUT2D eigenvalue weighted by atomic mass is 32.1. The zero-order valence-electron chi connectivity index (χ0n) is 19.9. The molecule has 0 saturated heterocycles. The summed E-state index contributed by atoms with van der Waals surface area (Å²) in [6.07, 6.45) is 5.04. The van der Waals surface area contributed by atoms with Gasteiger partial charge in [-0.05, 0) is 36.5 Å². The van der Waals surface area contributed by atoms with Gasteiger partial charge in [0.05, 0.1) is 0 Å². The maximum Gasteiger partial charge on any atom is 0.261 e. The normalized spacial score (nSPS) is 17.2. The van der Waals surface area contributed by atoms with Gasteiger partial charge in [-0.25, -0.2) is 0 Å². The maximum atomic E-state index is 13.5. The van der Waals surface area contributed by atoms with E-state index in [0.29, 0.717) is 51.5 Å². The third-order valence-corrected chi connectivity index (χ3v) is 7.68. The van der Waals surface area contributed by atoms with Crippen molar-refractivity contribution in [1.29, 1.82) is 0 Å². The third-order valence-electron chi connectivity index (χ3n) is 7.24. The first-order valence-corrected chi connectivity index (χ1v) is 12.6. The summed E-state index contributed by atoms with van der Waals surface area (Å²) >= 11 is 5.72. The van der Waals surface area contributed by atoms with Crippen LogP contribution in [0.1, 0.15) is 96.4 Å². The minimum Gasteiger partial charge on any atom is -0.298 e. The molecule has 0 saturated carbocycles. The third kappa shape index (κ3) is 3.88. The largest absolute Gasteiger partial charge is 0.298 e. The maximum absolute atomic E-state index is 13.5. The molecular weight excluding hydrogens is 432 g/mol. The number of carbonyl (C=O) groups excluding carboxylic acids is 3. The van der Waals surface area contributed by atoms with Crippen molar-refractivity contribution in [3.05, 3.63) is 46.5 Å². The van der Waals surface area contributed by atoms with Crippen LogP contribution in [-0.2, 0) is 0 Å². The van der Waals surface area contributed by atoms with Crippen molar-refractivity contribution in [3.8, 4) is 0 Å². The highest BCUT2D eigenvalue weighted by Crippen LogP contribution is 2.38. The first-order chi connectivity index (χ1) is 15.8. The van der Waals surface area contributed by atoms with Gasteiger partial charge in [-0.15, -0.1) is 0 Å². The number of hydrogen-bond donors (Lipinski definition) is 0. The van der Waals surface area contributed by atoms with Crippen molar-refractivity contribution in [1.82, 2.24) is 9.80 Å². The SMILES string of the molecule is CCCCC(CC)CN1C(=O)c2ccc3c4c(ccc(c24)C1=O)C(=S)N(CC(C)CC)C3=O. The van der Waals surface area contributed by atoms with Crippen LogP contribution in [0.15, 0.2) is 24.3 Å². The second-order valence-electron chi connectivity index (χ2n) is 9.44. The topological polar surface area (TPSA) is 57.7 Å². The van der Waals surface area contributed by atoms with Gasteiger partial charge in [0.25, 0.3) is 17.7 Å². The first-order valence-electron chi connectivity index (χ1n) is 12.2. The molecule has 2 atom stereocenters. The monoisotopic (exact) mass is 464 g/mol. The van der Waals surface area contributed by atoms with Crippen molar-refractivity contribution >= 4 is 45.7 Å².